The highest BCUT2D eigenvalue weighted by Crippen LogP contribution is 2.21. The lowest BCUT2D eigenvalue weighted by molar-refractivity contribution is -0.122. The number of likely N-dealkylation sites (N-methyl/N-ethyl adjacent to an activating group) is 2. The molecule has 2 unspecified atom stereocenters. The number of hydrogen-bond donors (Lipinski definition) is 2. The fourth-order valence-corrected chi connectivity index (χ4v) is 1.85. The van der Waals surface area contributed by atoms with Crippen molar-refractivity contribution in [1.29, 1.82) is 0 Å². The highest BCUT2D eigenvalue weighted by Gasteiger charge is 2.16. The molecule has 0 aromatic heterocycles. The summed E-state index contributed by atoms with van der Waals surface area (Å²) in [5, 5.41) is 5.68. The Kier molecular flexibility index (Phi) is 5.16. The van der Waals surface area contributed by atoms with E-state index in [2.05, 4.69) is 36.6 Å². The van der Waals surface area contributed by atoms with Crippen molar-refractivity contribution in [3.63, 3.8) is 0 Å². The summed E-state index contributed by atoms with van der Waals surface area (Å²) in [4.78, 5) is 11.6. The summed E-state index contributed by atoms with van der Waals surface area (Å²) in [6.45, 7) is 4.39. The van der Waals surface area contributed by atoms with Crippen molar-refractivity contribution >= 4 is 5.91 Å². The first-order chi connectivity index (χ1) is 8.13. The lowest BCUT2D eigenvalue weighted by atomic mass is 9.96. The number of carbonyl (C=O) groups is 1. The Morgan fingerprint density at radius 3 is 2.12 bits per heavy atom. The van der Waals surface area contributed by atoms with Crippen LogP contribution in [0.3, 0.4) is 0 Å². The van der Waals surface area contributed by atoms with Gasteiger partial charge < -0.3 is 10.6 Å². The summed E-state index contributed by atoms with van der Waals surface area (Å²) in [7, 11) is 3.45. The Balaban J connectivity index is 2.89. The average Bonchev–Trinajstić information content (AvgIpc) is 2.39. The lowest BCUT2D eigenvalue weighted by Crippen LogP contribution is -2.33. The Morgan fingerprint density at radius 2 is 1.71 bits per heavy atom. The maximum absolute atomic E-state index is 11.6. The van der Waals surface area contributed by atoms with Gasteiger partial charge in [0.15, 0.2) is 0 Å². The van der Waals surface area contributed by atoms with Crippen LogP contribution in [0.1, 0.15) is 43.4 Å². The monoisotopic (exact) mass is 234 g/mol. The molecule has 0 saturated heterocycles. The van der Waals surface area contributed by atoms with Gasteiger partial charge in [0.25, 0.3) is 0 Å². The summed E-state index contributed by atoms with van der Waals surface area (Å²) in [6, 6.07) is 7.99. The minimum absolute atomic E-state index is 0.0104. The molecule has 0 aliphatic carbocycles. The van der Waals surface area contributed by atoms with E-state index in [9.17, 15) is 4.79 Å². The molecule has 3 nitrogen and oxygen atoms in total. The van der Waals surface area contributed by atoms with E-state index in [1.807, 2.05) is 12.1 Å². The Hall–Kier alpha value is -1.35. The third-order valence-electron chi connectivity index (χ3n) is 3.25. The molecule has 0 aliphatic rings. The quantitative estimate of drug-likeness (QED) is 0.820. The van der Waals surface area contributed by atoms with Crippen molar-refractivity contribution in [3.05, 3.63) is 35.4 Å². The van der Waals surface area contributed by atoms with E-state index in [0.717, 1.165) is 12.0 Å². The molecule has 0 aliphatic heterocycles. The second-order valence-electron chi connectivity index (χ2n) is 4.31. The molecule has 1 aromatic carbocycles. The smallest absolute Gasteiger partial charge is 0.241 e. The van der Waals surface area contributed by atoms with Crippen LogP contribution in [0.4, 0.5) is 0 Å². The first kappa shape index (κ1) is 13.7. The highest BCUT2D eigenvalue weighted by atomic mass is 16.2. The SMILES string of the molecule is CCC(C)c1ccc(C(NC)C(=O)NC)cc1. The summed E-state index contributed by atoms with van der Waals surface area (Å²) >= 11 is 0. The van der Waals surface area contributed by atoms with Gasteiger partial charge in [0.2, 0.25) is 5.91 Å². The molecule has 0 radical (unpaired) electrons. The zero-order valence-corrected chi connectivity index (χ0v) is 11.1. The summed E-state index contributed by atoms with van der Waals surface area (Å²) < 4.78 is 0. The largest absolute Gasteiger partial charge is 0.358 e. The third-order valence-corrected chi connectivity index (χ3v) is 3.25. The molecule has 0 fully saturated rings. The first-order valence-electron chi connectivity index (χ1n) is 6.12. The van der Waals surface area contributed by atoms with E-state index < -0.39 is 0 Å². The van der Waals surface area contributed by atoms with Crippen LogP contribution in [0, 0.1) is 0 Å². The number of amides is 1. The van der Waals surface area contributed by atoms with Gasteiger partial charge in [0, 0.05) is 7.05 Å². The van der Waals surface area contributed by atoms with Crippen molar-refractivity contribution in [2.75, 3.05) is 14.1 Å². The molecule has 0 heterocycles. The predicted molar refractivity (Wildman–Crippen MR) is 71.0 cm³/mol. The van der Waals surface area contributed by atoms with Crippen molar-refractivity contribution in [1.82, 2.24) is 10.6 Å². The van der Waals surface area contributed by atoms with Gasteiger partial charge in [-0.25, -0.2) is 0 Å². The summed E-state index contributed by atoms with van der Waals surface area (Å²) in [5.41, 5.74) is 2.32. The van der Waals surface area contributed by atoms with Crippen LogP contribution in [0.2, 0.25) is 0 Å². The third kappa shape index (κ3) is 3.30. The molecule has 1 rings (SSSR count). The van der Waals surface area contributed by atoms with E-state index in [1.54, 1.807) is 14.1 Å². The minimum atomic E-state index is -0.272. The number of carbonyl (C=O) groups excluding carboxylic acids is 1. The second-order valence-corrected chi connectivity index (χ2v) is 4.31. The van der Waals surface area contributed by atoms with Gasteiger partial charge in [-0.15, -0.1) is 0 Å². The highest BCUT2D eigenvalue weighted by molar-refractivity contribution is 5.82. The maximum Gasteiger partial charge on any atom is 0.241 e. The Morgan fingerprint density at radius 1 is 1.18 bits per heavy atom. The van der Waals surface area contributed by atoms with Gasteiger partial charge in [0.1, 0.15) is 6.04 Å². The van der Waals surface area contributed by atoms with Crippen molar-refractivity contribution in [2.24, 2.45) is 0 Å². The van der Waals surface area contributed by atoms with Crippen LogP contribution in [0.15, 0.2) is 24.3 Å². The van der Waals surface area contributed by atoms with Gasteiger partial charge in [-0.2, -0.15) is 0 Å². The van der Waals surface area contributed by atoms with Crippen LogP contribution in [0.25, 0.3) is 0 Å². The van der Waals surface area contributed by atoms with E-state index in [0.29, 0.717) is 5.92 Å². The van der Waals surface area contributed by atoms with E-state index in [4.69, 9.17) is 0 Å². The minimum Gasteiger partial charge on any atom is -0.358 e. The molecule has 3 heteroatoms. The number of rotatable bonds is 5. The van der Waals surface area contributed by atoms with Gasteiger partial charge >= 0.3 is 0 Å². The fraction of sp³-hybridized carbons (Fsp3) is 0.500. The first-order valence-corrected chi connectivity index (χ1v) is 6.12. The molecule has 0 spiro atoms. The average molecular weight is 234 g/mol. The van der Waals surface area contributed by atoms with Crippen molar-refractivity contribution in [2.45, 2.75) is 32.2 Å². The van der Waals surface area contributed by atoms with Gasteiger partial charge in [0.05, 0.1) is 0 Å². The van der Waals surface area contributed by atoms with E-state index >= 15 is 0 Å². The molecule has 1 amide bonds. The Labute approximate surface area is 104 Å². The fourth-order valence-electron chi connectivity index (χ4n) is 1.85. The molecule has 94 valence electrons. The molecule has 2 N–H and O–H groups in total. The van der Waals surface area contributed by atoms with Crippen LogP contribution >= 0.6 is 0 Å². The van der Waals surface area contributed by atoms with E-state index in [1.165, 1.54) is 5.56 Å². The molecule has 17 heavy (non-hydrogen) atoms. The van der Waals surface area contributed by atoms with Gasteiger partial charge in [-0.3, -0.25) is 4.79 Å². The number of hydrogen-bond acceptors (Lipinski definition) is 2. The molecule has 0 bridgehead atoms. The van der Waals surface area contributed by atoms with Crippen molar-refractivity contribution in [3.8, 4) is 0 Å². The van der Waals surface area contributed by atoms with Gasteiger partial charge in [-0.05, 0) is 30.5 Å². The maximum atomic E-state index is 11.6. The molecule has 1 aromatic rings. The summed E-state index contributed by atoms with van der Waals surface area (Å²) in [5.74, 6) is 0.556. The normalized spacial score (nSPS) is 14.1. The lowest BCUT2D eigenvalue weighted by Gasteiger charge is -2.16. The van der Waals surface area contributed by atoms with Crippen LogP contribution in [-0.4, -0.2) is 20.0 Å². The Bertz CT molecular complexity index is 359. The standard InChI is InChI=1S/C14H22N2O/c1-5-10(2)11-6-8-12(9-7-11)13(15-3)14(17)16-4/h6-10,13,15H,5H2,1-4H3,(H,16,17). The van der Waals surface area contributed by atoms with Crippen LogP contribution in [-0.2, 0) is 4.79 Å². The summed E-state index contributed by atoms with van der Waals surface area (Å²) in [6.07, 6.45) is 1.13. The molecule has 0 saturated carbocycles. The molecular weight excluding hydrogens is 212 g/mol. The predicted octanol–water partition coefficient (Wildman–Crippen LogP) is 2.21. The van der Waals surface area contributed by atoms with Crippen LogP contribution < -0.4 is 10.6 Å². The van der Waals surface area contributed by atoms with Gasteiger partial charge in [-0.1, -0.05) is 38.1 Å². The zero-order chi connectivity index (χ0) is 12.8. The molecule has 2 atom stereocenters. The van der Waals surface area contributed by atoms with E-state index in [-0.39, 0.29) is 11.9 Å². The number of benzene rings is 1. The molecular formula is C14H22N2O. The van der Waals surface area contributed by atoms with Crippen molar-refractivity contribution < 1.29 is 4.79 Å². The second kappa shape index (κ2) is 6.40. The topological polar surface area (TPSA) is 41.1 Å². The zero-order valence-electron chi connectivity index (χ0n) is 11.1. The van der Waals surface area contributed by atoms with Crippen LogP contribution in [0.5, 0.6) is 0 Å². The number of nitrogens with one attached hydrogen (secondary N) is 2.